The van der Waals surface area contributed by atoms with E-state index in [9.17, 15) is 4.79 Å². The zero-order valence-electron chi connectivity index (χ0n) is 18.5. The summed E-state index contributed by atoms with van der Waals surface area (Å²) in [7, 11) is 0. The van der Waals surface area contributed by atoms with Crippen molar-refractivity contribution in [3.63, 3.8) is 0 Å². The van der Waals surface area contributed by atoms with Crippen LogP contribution in [0.1, 0.15) is 26.3 Å². The molecule has 2 aromatic heterocycles. The Hall–Kier alpha value is -3.13. The predicted molar refractivity (Wildman–Crippen MR) is 139 cm³/mol. The van der Waals surface area contributed by atoms with Gasteiger partial charge in [-0.15, -0.1) is 23.7 Å². The third-order valence-corrected chi connectivity index (χ3v) is 7.62. The minimum Gasteiger partial charge on any atom is -0.335 e. The summed E-state index contributed by atoms with van der Waals surface area (Å²) >= 11 is 1.68. The van der Waals surface area contributed by atoms with Gasteiger partial charge in [0.25, 0.3) is 0 Å². The Kier molecular flexibility index (Phi) is 5.46. The van der Waals surface area contributed by atoms with Gasteiger partial charge >= 0.3 is 0 Å². The van der Waals surface area contributed by atoms with Crippen molar-refractivity contribution in [3.8, 4) is 12.3 Å². The Morgan fingerprint density at radius 2 is 1.62 bits per heavy atom. The second-order valence-electron chi connectivity index (χ2n) is 8.23. The number of benzene rings is 3. The van der Waals surface area contributed by atoms with E-state index in [1.807, 2.05) is 24.3 Å². The molecule has 0 bridgehead atoms. The molecule has 0 amide bonds. The molecular weight excluding hydrogens is 412 g/mol. The van der Waals surface area contributed by atoms with E-state index in [1.54, 1.807) is 11.3 Å². The molecule has 0 radical (unpaired) electrons. The van der Waals surface area contributed by atoms with Crippen molar-refractivity contribution in [2.45, 2.75) is 26.3 Å². The summed E-state index contributed by atoms with van der Waals surface area (Å²) in [6, 6.07) is 20.8. The molecular formula is C28H26N2OS. The average Bonchev–Trinajstić information content (AvgIpc) is 3.14. The van der Waals surface area contributed by atoms with Crippen LogP contribution in [0.15, 0.2) is 65.5 Å². The van der Waals surface area contributed by atoms with Crippen molar-refractivity contribution in [2.24, 2.45) is 0 Å². The normalized spacial score (nSPS) is 12.8. The molecule has 5 rings (SSSR count). The lowest BCUT2D eigenvalue weighted by molar-refractivity contribution is 0.259. The average molecular weight is 439 g/mol. The van der Waals surface area contributed by atoms with Gasteiger partial charge in [0, 0.05) is 49.4 Å². The number of terminal acetylenes is 1. The third kappa shape index (κ3) is 3.30. The fraction of sp³-hybridized carbons (Fsp3) is 0.250. The van der Waals surface area contributed by atoms with Gasteiger partial charge in [0.05, 0.1) is 11.6 Å². The minimum absolute atomic E-state index is 0.108. The van der Waals surface area contributed by atoms with Crippen LogP contribution in [-0.4, -0.2) is 29.1 Å². The van der Waals surface area contributed by atoms with Crippen molar-refractivity contribution >= 4 is 53.3 Å². The van der Waals surface area contributed by atoms with Gasteiger partial charge < -0.3 is 9.47 Å². The van der Waals surface area contributed by atoms with Crippen molar-refractivity contribution in [1.82, 2.24) is 9.47 Å². The maximum atomic E-state index is 13.3. The molecule has 1 atom stereocenters. The summed E-state index contributed by atoms with van der Waals surface area (Å²) in [5.74, 6) is 2.91. The number of hydrogen-bond donors (Lipinski definition) is 0. The fourth-order valence-corrected chi connectivity index (χ4v) is 5.93. The van der Waals surface area contributed by atoms with Crippen LogP contribution in [0.4, 0.5) is 0 Å². The van der Waals surface area contributed by atoms with E-state index in [4.69, 9.17) is 6.42 Å². The first-order chi connectivity index (χ1) is 15.7. The van der Waals surface area contributed by atoms with Crippen molar-refractivity contribution in [1.29, 1.82) is 0 Å². The Labute approximate surface area is 191 Å². The molecule has 0 aliphatic heterocycles. The van der Waals surface area contributed by atoms with Gasteiger partial charge in [0.15, 0.2) is 5.43 Å². The molecule has 4 heteroatoms. The minimum atomic E-state index is 0.108. The summed E-state index contributed by atoms with van der Waals surface area (Å²) in [5.41, 5.74) is 2.43. The van der Waals surface area contributed by atoms with Crippen LogP contribution in [-0.2, 0) is 0 Å². The summed E-state index contributed by atoms with van der Waals surface area (Å²) < 4.78 is 4.46. The van der Waals surface area contributed by atoms with Crippen LogP contribution in [0.3, 0.4) is 0 Å². The standard InChI is InChI=1S/C28H26N2OS/c1-4-11-19(18-29(5-2)6-3)30-24-14-9-7-12-20(24)22-16-23-27(17-25(22)30)32-26-15-10-8-13-21(26)28(23)31/h1,7-10,12-17,19H,5-6,11,18H2,2-3H3. The number of rotatable bonds is 6. The van der Waals surface area contributed by atoms with Crippen LogP contribution in [0.25, 0.3) is 42.0 Å². The van der Waals surface area contributed by atoms with Gasteiger partial charge in [-0.1, -0.05) is 44.2 Å². The van der Waals surface area contributed by atoms with Crippen LogP contribution in [0.5, 0.6) is 0 Å². The summed E-state index contributed by atoms with van der Waals surface area (Å²) in [6.45, 7) is 7.27. The van der Waals surface area contributed by atoms with Crippen molar-refractivity contribution in [2.75, 3.05) is 19.6 Å². The quantitative estimate of drug-likeness (QED) is 0.225. The molecule has 0 spiro atoms. The SMILES string of the molecule is C#CCC(CN(CC)CC)n1c2ccccc2c2cc3c(=O)c4ccccc4sc3cc21. The van der Waals surface area contributed by atoms with Gasteiger partial charge in [-0.3, -0.25) is 4.79 Å². The summed E-state index contributed by atoms with van der Waals surface area (Å²) in [5, 5.41) is 3.87. The molecule has 160 valence electrons. The zero-order valence-corrected chi connectivity index (χ0v) is 19.3. The Morgan fingerprint density at radius 1 is 0.906 bits per heavy atom. The molecule has 5 aromatic rings. The lowest BCUT2D eigenvalue weighted by Gasteiger charge is -2.26. The van der Waals surface area contributed by atoms with Gasteiger partial charge in [-0.05, 0) is 43.4 Å². The van der Waals surface area contributed by atoms with Crippen LogP contribution in [0.2, 0.25) is 0 Å². The first kappa shape index (κ1) is 20.8. The smallest absolute Gasteiger partial charge is 0.195 e. The van der Waals surface area contributed by atoms with Crippen molar-refractivity contribution in [3.05, 3.63) is 70.9 Å². The van der Waals surface area contributed by atoms with Crippen LogP contribution < -0.4 is 5.43 Å². The Morgan fingerprint density at radius 3 is 2.38 bits per heavy atom. The Bertz CT molecular complexity index is 1550. The van der Waals surface area contributed by atoms with E-state index in [0.717, 1.165) is 50.7 Å². The molecule has 0 fully saturated rings. The van der Waals surface area contributed by atoms with Crippen LogP contribution in [0, 0.1) is 12.3 Å². The maximum Gasteiger partial charge on any atom is 0.195 e. The largest absolute Gasteiger partial charge is 0.335 e. The number of hydrogen-bond acceptors (Lipinski definition) is 3. The number of aromatic nitrogens is 1. The molecule has 3 aromatic carbocycles. The first-order valence-electron chi connectivity index (χ1n) is 11.2. The molecule has 0 saturated heterocycles. The molecule has 0 aliphatic rings. The van der Waals surface area contributed by atoms with E-state index in [2.05, 4.69) is 65.6 Å². The van der Waals surface area contributed by atoms with Crippen molar-refractivity contribution < 1.29 is 0 Å². The highest BCUT2D eigenvalue weighted by Gasteiger charge is 2.21. The van der Waals surface area contributed by atoms with E-state index in [1.165, 1.54) is 10.9 Å². The monoisotopic (exact) mass is 438 g/mol. The number of nitrogens with zero attached hydrogens (tertiary/aromatic N) is 2. The van der Waals surface area contributed by atoms with Gasteiger partial charge in [0.2, 0.25) is 0 Å². The van der Waals surface area contributed by atoms with E-state index < -0.39 is 0 Å². The van der Waals surface area contributed by atoms with E-state index >= 15 is 0 Å². The predicted octanol–water partition coefficient (Wildman–Crippen LogP) is 6.43. The molecule has 0 saturated carbocycles. The molecule has 1 unspecified atom stereocenters. The molecule has 32 heavy (non-hydrogen) atoms. The Balaban J connectivity index is 1.86. The highest BCUT2D eigenvalue weighted by atomic mass is 32.1. The first-order valence-corrected chi connectivity index (χ1v) is 12.0. The molecule has 3 nitrogen and oxygen atoms in total. The molecule has 0 aliphatic carbocycles. The lowest BCUT2D eigenvalue weighted by Crippen LogP contribution is -2.30. The van der Waals surface area contributed by atoms with E-state index in [0.29, 0.717) is 6.42 Å². The van der Waals surface area contributed by atoms with Crippen LogP contribution >= 0.6 is 11.3 Å². The van der Waals surface area contributed by atoms with E-state index in [-0.39, 0.29) is 11.5 Å². The van der Waals surface area contributed by atoms with Gasteiger partial charge in [0.1, 0.15) is 0 Å². The highest BCUT2D eigenvalue weighted by Crippen LogP contribution is 2.37. The number of para-hydroxylation sites is 1. The number of fused-ring (bicyclic) bond motifs is 5. The highest BCUT2D eigenvalue weighted by molar-refractivity contribution is 7.24. The zero-order chi connectivity index (χ0) is 22.2. The molecule has 2 heterocycles. The molecule has 0 N–H and O–H groups in total. The van der Waals surface area contributed by atoms with Gasteiger partial charge in [-0.25, -0.2) is 0 Å². The van der Waals surface area contributed by atoms with Gasteiger partial charge in [-0.2, -0.15) is 0 Å². The second-order valence-corrected chi connectivity index (χ2v) is 9.31. The fourth-order valence-electron chi connectivity index (χ4n) is 4.84. The topological polar surface area (TPSA) is 25.2 Å². The maximum absolute atomic E-state index is 13.3. The summed E-state index contributed by atoms with van der Waals surface area (Å²) in [6.07, 6.45) is 6.50. The number of likely N-dealkylation sites (N-methyl/N-ethyl adjacent to an activating group) is 1. The second kappa shape index (κ2) is 8.43. The third-order valence-electron chi connectivity index (χ3n) is 6.49. The summed E-state index contributed by atoms with van der Waals surface area (Å²) in [4.78, 5) is 15.7. The lowest BCUT2D eigenvalue weighted by atomic mass is 10.1.